The third-order valence-corrected chi connectivity index (χ3v) is 6.23. The van der Waals surface area contributed by atoms with E-state index in [1.807, 2.05) is 64.9 Å². The lowest BCUT2D eigenvalue weighted by Crippen LogP contribution is -2.48. The van der Waals surface area contributed by atoms with E-state index in [0.717, 1.165) is 16.1 Å². The van der Waals surface area contributed by atoms with Gasteiger partial charge in [-0.2, -0.15) is 0 Å². The fraction of sp³-hybridized carbons (Fsp3) is 0.292. The van der Waals surface area contributed by atoms with Gasteiger partial charge in [-0.1, -0.05) is 44.2 Å². The molecule has 0 bridgehead atoms. The van der Waals surface area contributed by atoms with Crippen molar-refractivity contribution in [1.29, 1.82) is 0 Å². The molecule has 2 aromatic heterocycles. The molecular formula is C24H25N3O2S. The lowest BCUT2D eigenvalue weighted by atomic mass is 9.81. The fourth-order valence-corrected chi connectivity index (χ4v) is 4.91. The van der Waals surface area contributed by atoms with E-state index in [1.54, 1.807) is 17.5 Å². The van der Waals surface area contributed by atoms with Gasteiger partial charge in [0.15, 0.2) is 0 Å². The van der Waals surface area contributed by atoms with Gasteiger partial charge in [0.25, 0.3) is 5.91 Å². The smallest absolute Gasteiger partial charge is 0.254 e. The molecule has 0 radical (unpaired) electrons. The summed E-state index contributed by atoms with van der Waals surface area (Å²) < 4.78 is 0. The molecule has 3 heterocycles. The van der Waals surface area contributed by atoms with Crippen LogP contribution >= 0.6 is 11.3 Å². The molecule has 0 unspecified atom stereocenters. The number of thiophene rings is 1. The van der Waals surface area contributed by atoms with Gasteiger partial charge in [0.1, 0.15) is 0 Å². The van der Waals surface area contributed by atoms with Crippen molar-refractivity contribution in [3.63, 3.8) is 0 Å². The van der Waals surface area contributed by atoms with E-state index in [-0.39, 0.29) is 17.9 Å². The third-order valence-electron chi connectivity index (χ3n) is 5.29. The van der Waals surface area contributed by atoms with E-state index in [9.17, 15) is 9.59 Å². The van der Waals surface area contributed by atoms with E-state index < -0.39 is 5.92 Å². The van der Waals surface area contributed by atoms with Crippen molar-refractivity contribution in [3.05, 3.63) is 87.9 Å². The van der Waals surface area contributed by atoms with Gasteiger partial charge in [0, 0.05) is 23.2 Å². The van der Waals surface area contributed by atoms with Crippen LogP contribution in [0.4, 0.5) is 0 Å². The number of nitrogens with one attached hydrogen (secondary N) is 1. The highest BCUT2D eigenvalue weighted by Gasteiger charge is 2.44. The Bertz CT molecular complexity index is 1020. The average Bonchev–Trinajstić information content (AvgIpc) is 3.29. The number of carbonyl (C=O) groups is 2. The molecule has 0 aliphatic carbocycles. The highest BCUT2D eigenvalue weighted by Crippen LogP contribution is 2.44. The molecular weight excluding hydrogens is 394 g/mol. The maximum atomic E-state index is 13.5. The molecule has 2 atom stereocenters. The number of benzene rings is 1. The number of nitrogens with zero attached hydrogens (tertiary/aromatic N) is 2. The normalized spacial score (nSPS) is 18.4. The van der Waals surface area contributed by atoms with Crippen LogP contribution in [0, 0.1) is 5.92 Å². The van der Waals surface area contributed by atoms with Gasteiger partial charge < -0.3 is 10.2 Å². The van der Waals surface area contributed by atoms with Crippen LogP contribution in [-0.2, 0) is 11.3 Å². The number of amides is 2. The number of aromatic nitrogens is 1. The van der Waals surface area contributed by atoms with Crippen LogP contribution in [0.3, 0.4) is 0 Å². The van der Waals surface area contributed by atoms with Gasteiger partial charge in [0.2, 0.25) is 5.91 Å². The number of hydrogen-bond acceptors (Lipinski definition) is 4. The molecule has 1 aromatic carbocycles. The largest absolute Gasteiger partial charge is 0.350 e. The van der Waals surface area contributed by atoms with E-state index in [4.69, 9.17) is 0 Å². The first-order valence-corrected chi connectivity index (χ1v) is 11.0. The zero-order valence-corrected chi connectivity index (χ0v) is 17.9. The van der Waals surface area contributed by atoms with Crippen LogP contribution in [0.2, 0.25) is 0 Å². The minimum Gasteiger partial charge on any atom is -0.350 e. The average molecular weight is 420 g/mol. The van der Waals surface area contributed by atoms with E-state index in [1.165, 1.54) is 0 Å². The van der Waals surface area contributed by atoms with Gasteiger partial charge in [0.05, 0.1) is 24.2 Å². The Balaban J connectivity index is 1.74. The van der Waals surface area contributed by atoms with Gasteiger partial charge in [-0.05, 0) is 41.1 Å². The third kappa shape index (κ3) is 4.00. The van der Waals surface area contributed by atoms with Gasteiger partial charge in [-0.25, -0.2) is 0 Å². The summed E-state index contributed by atoms with van der Waals surface area (Å²) in [5, 5.41) is 5.05. The van der Waals surface area contributed by atoms with Crippen LogP contribution in [0.5, 0.6) is 0 Å². The first-order valence-electron chi connectivity index (χ1n) is 10.2. The predicted molar refractivity (Wildman–Crippen MR) is 118 cm³/mol. The molecule has 1 aliphatic heterocycles. The van der Waals surface area contributed by atoms with Crippen molar-refractivity contribution >= 4 is 23.2 Å². The number of hydrogen-bond donors (Lipinski definition) is 1. The summed E-state index contributed by atoms with van der Waals surface area (Å²) >= 11 is 1.59. The molecule has 30 heavy (non-hydrogen) atoms. The van der Waals surface area contributed by atoms with Crippen LogP contribution in [0.15, 0.2) is 66.2 Å². The van der Waals surface area contributed by atoms with Crippen LogP contribution in [-0.4, -0.2) is 28.2 Å². The molecule has 154 valence electrons. The number of pyridine rings is 1. The minimum absolute atomic E-state index is 0.00789. The lowest BCUT2D eigenvalue weighted by molar-refractivity contribution is -0.124. The Labute approximate surface area is 180 Å². The van der Waals surface area contributed by atoms with E-state index in [2.05, 4.69) is 24.1 Å². The second-order valence-corrected chi connectivity index (χ2v) is 8.89. The lowest BCUT2D eigenvalue weighted by Gasteiger charge is -2.42. The summed E-state index contributed by atoms with van der Waals surface area (Å²) in [6, 6.07) is 16.8. The molecule has 1 N–H and O–H groups in total. The monoisotopic (exact) mass is 419 g/mol. The molecule has 4 rings (SSSR count). The molecule has 2 amide bonds. The van der Waals surface area contributed by atoms with Crippen molar-refractivity contribution < 1.29 is 9.59 Å². The topological polar surface area (TPSA) is 62.3 Å². The standard InChI is InChI=1S/C24H25N3O2S/c1-16(2)15-27-22(20-11-7-13-30-20)21(18-9-3-4-10-19(18)24(27)29)23(28)26-14-17-8-5-6-12-25-17/h3-13,16,21-22H,14-15H2,1-2H3,(H,26,28)/t21-,22+/m1/s1. The van der Waals surface area contributed by atoms with Crippen molar-refractivity contribution in [1.82, 2.24) is 15.2 Å². The quantitative estimate of drug-likeness (QED) is 0.644. The first-order chi connectivity index (χ1) is 14.6. The molecule has 0 spiro atoms. The second kappa shape index (κ2) is 8.79. The van der Waals surface area contributed by atoms with Crippen molar-refractivity contribution in [2.24, 2.45) is 5.92 Å². The van der Waals surface area contributed by atoms with Gasteiger partial charge in [-0.3, -0.25) is 14.6 Å². The van der Waals surface area contributed by atoms with E-state index >= 15 is 0 Å². The first kappa shape index (κ1) is 20.3. The minimum atomic E-state index is -0.472. The number of fused-ring (bicyclic) bond motifs is 1. The molecule has 3 aromatic rings. The summed E-state index contributed by atoms with van der Waals surface area (Å²) in [6.07, 6.45) is 1.72. The Kier molecular flexibility index (Phi) is 5.95. The van der Waals surface area contributed by atoms with Crippen LogP contribution in [0.25, 0.3) is 0 Å². The van der Waals surface area contributed by atoms with Gasteiger partial charge >= 0.3 is 0 Å². The Hall–Kier alpha value is -2.99. The summed E-state index contributed by atoms with van der Waals surface area (Å²) in [4.78, 5) is 34.1. The Morgan fingerprint density at radius 1 is 1.13 bits per heavy atom. The summed E-state index contributed by atoms with van der Waals surface area (Å²) in [5.74, 6) is -0.279. The maximum absolute atomic E-state index is 13.5. The second-order valence-electron chi connectivity index (χ2n) is 7.92. The zero-order valence-electron chi connectivity index (χ0n) is 17.1. The molecule has 1 aliphatic rings. The van der Waals surface area contributed by atoms with Crippen LogP contribution < -0.4 is 5.32 Å². The molecule has 6 heteroatoms. The molecule has 0 fully saturated rings. The summed E-state index contributed by atoms with van der Waals surface area (Å²) in [7, 11) is 0. The fourth-order valence-electron chi connectivity index (χ4n) is 4.04. The van der Waals surface area contributed by atoms with Crippen molar-refractivity contribution in [3.8, 4) is 0 Å². The van der Waals surface area contributed by atoms with Crippen LogP contribution in [0.1, 0.15) is 52.3 Å². The molecule has 0 saturated carbocycles. The summed E-state index contributed by atoms with van der Waals surface area (Å²) in [6.45, 7) is 5.14. The highest BCUT2D eigenvalue weighted by atomic mass is 32.1. The number of rotatable bonds is 6. The number of carbonyl (C=O) groups excluding carboxylic acids is 2. The predicted octanol–water partition coefficient (Wildman–Crippen LogP) is 4.40. The van der Waals surface area contributed by atoms with Crippen molar-refractivity contribution in [2.45, 2.75) is 32.4 Å². The Morgan fingerprint density at radius 3 is 2.63 bits per heavy atom. The van der Waals surface area contributed by atoms with Crippen molar-refractivity contribution in [2.75, 3.05) is 6.54 Å². The summed E-state index contributed by atoms with van der Waals surface area (Å²) in [5.41, 5.74) is 2.21. The SMILES string of the molecule is CC(C)CN1C(=O)c2ccccc2[C@@H](C(=O)NCc2ccccn2)[C@@H]1c1cccs1. The molecule has 5 nitrogen and oxygen atoms in total. The van der Waals surface area contributed by atoms with Gasteiger partial charge in [-0.15, -0.1) is 11.3 Å². The highest BCUT2D eigenvalue weighted by molar-refractivity contribution is 7.10. The maximum Gasteiger partial charge on any atom is 0.254 e. The zero-order chi connectivity index (χ0) is 21.1. The Morgan fingerprint density at radius 2 is 1.93 bits per heavy atom. The molecule has 0 saturated heterocycles. The van der Waals surface area contributed by atoms with E-state index in [0.29, 0.717) is 24.6 Å².